The highest BCUT2D eigenvalue weighted by atomic mass is 19.1. The Labute approximate surface area is 106 Å². The van der Waals surface area contributed by atoms with Gasteiger partial charge < -0.3 is 15.4 Å². The van der Waals surface area contributed by atoms with Gasteiger partial charge in [-0.05, 0) is 5.56 Å². The lowest BCUT2D eigenvalue weighted by Gasteiger charge is -2.15. The van der Waals surface area contributed by atoms with E-state index in [1.165, 1.54) is 4.90 Å². The number of amides is 1. The van der Waals surface area contributed by atoms with Crippen LogP contribution in [0, 0.1) is 5.92 Å². The maximum Gasteiger partial charge on any atom is 0.410 e. The van der Waals surface area contributed by atoms with Crippen molar-refractivity contribution in [3.63, 3.8) is 0 Å². The van der Waals surface area contributed by atoms with Crippen LogP contribution < -0.4 is 5.73 Å². The molecule has 2 unspecified atom stereocenters. The number of ether oxygens (including phenoxy) is 1. The summed E-state index contributed by atoms with van der Waals surface area (Å²) in [6.45, 7) is 0.433. The fourth-order valence-corrected chi connectivity index (χ4v) is 2.02. The summed E-state index contributed by atoms with van der Waals surface area (Å²) in [5.41, 5.74) is 6.66. The van der Waals surface area contributed by atoms with Crippen LogP contribution >= 0.6 is 0 Å². The molecule has 5 heteroatoms. The van der Waals surface area contributed by atoms with Gasteiger partial charge >= 0.3 is 6.09 Å². The highest BCUT2D eigenvalue weighted by molar-refractivity contribution is 5.68. The predicted molar refractivity (Wildman–Crippen MR) is 65.6 cm³/mol. The average molecular weight is 252 g/mol. The number of halogens is 1. The number of benzene rings is 1. The van der Waals surface area contributed by atoms with E-state index in [2.05, 4.69) is 0 Å². The number of nitrogens with zero attached hydrogens (tertiary/aromatic N) is 1. The molecule has 0 spiro atoms. The summed E-state index contributed by atoms with van der Waals surface area (Å²) in [4.78, 5) is 13.2. The number of nitrogens with two attached hydrogens (primary N) is 1. The van der Waals surface area contributed by atoms with Crippen LogP contribution in [0.4, 0.5) is 9.18 Å². The van der Waals surface area contributed by atoms with Gasteiger partial charge in [0.1, 0.15) is 6.61 Å². The molecule has 1 aromatic rings. The smallest absolute Gasteiger partial charge is 0.410 e. The minimum absolute atomic E-state index is 0.228. The molecular formula is C13H17FN2O2. The minimum atomic E-state index is -0.496. The van der Waals surface area contributed by atoms with Crippen molar-refractivity contribution >= 4 is 6.09 Å². The van der Waals surface area contributed by atoms with Crippen molar-refractivity contribution in [2.45, 2.75) is 12.6 Å². The van der Waals surface area contributed by atoms with E-state index >= 15 is 0 Å². The van der Waals surface area contributed by atoms with Gasteiger partial charge in [0.25, 0.3) is 0 Å². The molecule has 0 aliphatic carbocycles. The third kappa shape index (κ3) is 2.98. The van der Waals surface area contributed by atoms with Crippen LogP contribution in [0.25, 0.3) is 0 Å². The van der Waals surface area contributed by atoms with E-state index in [0.717, 1.165) is 5.56 Å². The standard InChI is InChI=1S/C13H17FN2O2/c14-6-11-7-16(8-12(11)15)13(17)18-9-10-4-2-1-3-5-10/h1-5,11-12H,6-9,15H2. The number of hydrogen-bond donors (Lipinski definition) is 1. The molecule has 1 amide bonds. The lowest BCUT2D eigenvalue weighted by molar-refractivity contribution is 0.102. The predicted octanol–water partition coefficient (Wildman–Crippen LogP) is 1.55. The van der Waals surface area contributed by atoms with Crippen LogP contribution in [-0.4, -0.2) is 36.8 Å². The number of alkyl halides is 1. The van der Waals surface area contributed by atoms with Crippen LogP contribution in [0.2, 0.25) is 0 Å². The summed E-state index contributed by atoms with van der Waals surface area (Å²) in [5.74, 6) is -0.269. The summed E-state index contributed by atoms with van der Waals surface area (Å²) in [7, 11) is 0. The number of likely N-dealkylation sites (tertiary alicyclic amines) is 1. The fourth-order valence-electron chi connectivity index (χ4n) is 2.02. The van der Waals surface area contributed by atoms with Crippen molar-refractivity contribution in [3.05, 3.63) is 35.9 Å². The van der Waals surface area contributed by atoms with Crippen LogP contribution in [0.1, 0.15) is 5.56 Å². The van der Waals surface area contributed by atoms with Crippen LogP contribution in [0.3, 0.4) is 0 Å². The van der Waals surface area contributed by atoms with Gasteiger partial charge in [0.15, 0.2) is 0 Å². The first-order valence-corrected chi connectivity index (χ1v) is 5.98. The van der Waals surface area contributed by atoms with E-state index in [1.807, 2.05) is 30.3 Å². The van der Waals surface area contributed by atoms with Gasteiger partial charge in [-0.15, -0.1) is 0 Å². The first-order chi connectivity index (χ1) is 8.70. The first-order valence-electron chi connectivity index (χ1n) is 5.98. The SMILES string of the molecule is NC1CN(C(=O)OCc2ccccc2)CC1CF. The normalized spacial score (nSPS) is 23.1. The van der Waals surface area contributed by atoms with Gasteiger partial charge in [-0.25, -0.2) is 4.79 Å². The average Bonchev–Trinajstić information content (AvgIpc) is 2.78. The number of carbonyl (C=O) groups is 1. The first kappa shape index (κ1) is 12.8. The molecule has 2 N–H and O–H groups in total. The van der Waals surface area contributed by atoms with Gasteiger partial charge in [0, 0.05) is 25.0 Å². The lowest BCUT2D eigenvalue weighted by atomic mass is 10.1. The summed E-state index contributed by atoms with van der Waals surface area (Å²) in [6, 6.07) is 9.14. The molecule has 4 nitrogen and oxygen atoms in total. The maximum atomic E-state index is 12.6. The monoisotopic (exact) mass is 252 g/mol. The molecule has 0 aromatic heterocycles. The molecule has 0 radical (unpaired) electrons. The van der Waals surface area contributed by atoms with Crippen molar-refractivity contribution < 1.29 is 13.9 Å². The van der Waals surface area contributed by atoms with E-state index in [1.54, 1.807) is 0 Å². The largest absolute Gasteiger partial charge is 0.445 e. The molecule has 1 heterocycles. The van der Waals surface area contributed by atoms with E-state index < -0.39 is 12.8 Å². The Hall–Kier alpha value is -1.62. The molecule has 2 atom stereocenters. The van der Waals surface area contributed by atoms with Gasteiger partial charge in [0.2, 0.25) is 0 Å². The second kappa shape index (κ2) is 5.82. The lowest BCUT2D eigenvalue weighted by Crippen LogP contribution is -2.32. The minimum Gasteiger partial charge on any atom is -0.445 e. The third-order valence-electron chi connectivity index (χ3n) is 3.15. The quantitative estimate of drug-likeness (QED) is 0.888. The molecule has 0 saturated carbocycles. The molecule has 1 aliphatic rings. The molecule has 1 aliphatic heterocycles. The van der Waals surface area contributed by atoms with Gasteiger partial charge in [0.05, 0.1) is 6.67 Å². The van der Waals surface area contributed by atoms with Gasteiger partial charge in [-0.1, -0.05) is 30.3 Å². The van der Waals surface area contributed by atoms with Crippen molar-refractivity contribution in [1.29, 1.82) is 0 Å². The van der Waals surface area contributed by atoms with Crippen molar-refractivity contribution in [1.82, 2.24) is 4.90 Å². The maximum absolute atomic E-state index is 12.6. The molecule has 18 heavy (non-hydrogen) atoms. The summed E-state index contributed by atoms with van der Waals surface area (Å²) in [6.07, 6.45) is -0.426. The Morgan fingerprint density at radius 1 is 1.39 bits per heavy atom. The molecule has 2 rings (SSSR count). The molecule has 0 bridgehead atoms. The third-order valence-corrected chi connectivity index (χ3v) is 3.15. The van der Waals surface area contributed by atoms with Crippen molar-refractivity contribution in [2.24, 2.45) is 11.7 Å². The molecule has 1 aromatic carbocycles. The fraction of sp³-hybridized carbons (Fsp3) is 0.462. The molecular weight excluding hydrogens is 235 g/mol. The Kier molecular flexibility index (Phi) is 4.15. The van der Waals surface area contributed by atoms with Crippen LogP contribution in [0.15, 0.2) is 30.3 Å². The molecule has 98 valence electrons. The topological polar surface area (TPSA) is 55.6 Å². The van der Waals surface area contributed by atoms with Gasteiger partial charge in [-0.3, -0.25) is 4.39 Å². The highest BCUT2D eigenvalue weighted by Crippen LogP contribution is 2.17. The summed E-state index contributed by atoms with van der Waals surface area (Å²) in [5, 5.41) is 0. The van der Waals surface area contributed by atoms with E-state index in [4.69, 9.17) is 10.5 Å². The van der Waals surface area contributed by atoms with Crippen molar-refractivity contribution in [3.8, 4) is 0 Å². The van der Waals surface area contributed by atoms with Crippen LogP contribution in [0.5, 0.6) is 0 Å². The summed E-state index contributed by atoms with van der Waals surface area (Å²) >= 11 is 0. The Balaban J connectivity index is 1.82. The molecule has 1 fully saturated rings. The zero-order valence-corrected chi connectivity index (χ0v) is 10.1. The summed E-state index contributed by atoms with van der Waals surface area (Å²) < 4.78 is 17.7. The second-order valence-electron chi connectivity index (χ2n) is 4.52. The highest BCUT2D eigenvalue weighted by Gasteiger charge is 2.33. The molecule has 1 saturated heterocycles. The van der Waals surface area contributed by atoms with Crippen LogP contribution in [-0.2, 0) is 11.3 Å². The van der Waals surface area contributed by atoms with Gasteiger partial charge in [-0.2, -0.15) is 0 Å². The Bertz CT molecular complexity index is 399. The number of hydrogen-bond acceptors (Lipinski definition) is 3. The Morgan fingerprint density at radius 2 is 2.11 bits per heavy atom. The van der Waals surface area contributed by atoms with E-state index in [-0.39, 0.29) is 18.6 Å². The number of carbonyl (C=O) groups excluding carboxylic acids is 1. The second-order valence-corrected chi connectivity index (χ2v) is 4.52. The zero-order valence-electron chi connectivity index (χ0n) is 10.1. The zero-order chi connectivity index (χ0) is 13.0. The number of rotatable bonds is 3. The Morgan fingerprint density at radius 3 is 2.72 bits per heavy atom. The van der Waals surface area contributed by atoms with E-state index in [9.17, 15) is 9.18 Å². The van der Waals surface area contributed by atoms with Crippen molar-refractivity contribution in [2.75, 3.05) is 19.8 Å². The van der Waals surface area contributed by atoms with E-state index in [0.29, 0.717) is 13.1 Å².